The molecule has 0 saturated carbocycles. The fraction of sp³-hybridized carbons (Fsp3) is 0.314. The molecule has 39 heavy (non-hydrogen) atoms. The summed E-state index contributed by atoms with van der Waals surface area (Å²) >= 11 is 0. The summed E-state index contributed by atoms with van der Waals surface area (Å²) in [5.74, 6) is 0.0139. The van der Waals surface area contributed by atoms with Gasteiger partial charge in [-0.3, -0.25) is 4.79 Å². The molecule has 0 unspecified atom stereocenters. The Morgan fingerprint density at radius 3 is 2.38 bits per heavy atom. The van der Waals surface area contributed by atoms with Crippen LogP contribution < -0.4 is 0 Å². The van der Waals surface area contributed by atoms with Gasteiger partial charge in [-0.25, -0.2) is 0 Å². The number of nitrogens with zero attached hydrogens (tertiary/aromatic N) is 2. The Morgan fingerprint density at radius 2 is 1.62 bits per heavy atom. The molecule has 2 heterocycles. The van der Waals surface area contributed by atoms with E-state index in [1.165, 1.54) is 27.7 Å². The molecule has 4 heteroatoms. The summed E-state index contributed by atoms with van der Waals surface area (Å²) in [5, 5.41) is 13.6. The standard InChI is InChI=1S/C35H36N2O2/c1-5-7-19-36-28-15-11-9-13-24(28)25-21-23(17-18-29(25)36)32-33(38)26(34(32)39)22-31-35(3,4)27-14-10-12-16-30(27)37(31)20-8-6-2/h9-18,21-22H,5-8,19-20H2,1-4H3/p+1. The first kappa shape index (κ1) is 25.4. The van der Waals surface area contributed by atoms with Gasteiger partial charge in [-0.2, -0.15) is 4.58 Å². The molecule has 6 rings (SSSR count). The number of ketones is 1. The van der Waals surface area contributed by atoms with Crippen molar-refractivity contribution in [2.24, 2.45) is 0 Å². The zero-order valence-corrected chi connectivity index (χ0v) is 23.4. The second kappa shape index (κ2) is 9.68. The summed E-state index contributed by atoms with van der Waals surface area (Å²) in [6.07, 6.45) is 6.33. The van der Waals surface area contributed by atoms with Gasteiger partial charge in [-0.1, -0.05) is 69.2 Å². The van der Waals surface area contributed by atoms with Crippen molar-refractivity contribution < 1.29 is 14.5 Å². The molecule has 3 aromatic carbocycles. The molecule has 0 spiro atoms. The third-order valence-corrected chi connectivity index (χ3v) is 8.58. The number of aryl methyl sites for hydroxylation is 1. The van der Waals surface area contributed by atoms with Crippen molar-refractivity contribution in [1.29, 1.82) is 0 Å². The molecular weight excluding hydrogens is 480 g/mol. The maximum Gasteiger partial charge on any atom is 0.209 e. The number of benzene rings is 3. The normalized spacial score (nSPS) is 17.5. The van der Waals surface area contributed by atoms with Crippen molar-refractivity contribution in [3.05, 3.63) is 95.3 Å². The minimum Gasteiger partial charge on any atom is -0.506 e. The Kier molecular flexibility index (Phi) is 6.29. The van der Waals surface area contributed by atoms with Crippen LogP contribution in [0.3, 0.4) is 0 Å². The maximum atomic E-state index is 13.6. The average molecular weight is 518 g/mol. The van der Waals surface area contributed by atoms with E-state index >= 15 is 0 Å². The molecule has 0 fully saturated rings. The molecule has 0 radical (unpaired) electrons. The summed E-state index contributed by atoms with van der Waals surface area (Å²) < 4.78 is 4.71. The number of aliphatic hydroxyl groups excluding tert-OH is 1. The highest BCUT2D eigenvalue weighted by molar-refractivity contribution is 6.40. The number of carbonyl (C=O) groups is 1. The van der Waals surface area contributed by atoms with Crippen LogP contribution in [-0.4, -0.2) is 32.3 Å². The predicted molar refractivity (Wildman–Crippen MR) is 161 cm³/mol. The number of unbranched alkanes of at least 4 members (excludes halogenated alkanes) is 2. The smallest absolute Gasteiger partial charge is 0.209 e. The number of rotatable bonds is 8. The maximum absolute atomic E-state index is 13.6. The summed E-state index contributed by atoms with van der Waals surface area (Å²) in [5.41, 5.74) is 7.26. The number of fused-ring (bicyclic) bond motifs is 4. The van der Waals surface area contributed by atoms with Crippen molar-refractivity contribution in [2.75, 3.05) is 6.54 Å². The van der Waals surface area contributed by atoms with E-state index in [4.69, 9.17) is 0 Å². The topological polar surface area (TPSA) is 45.2 Å². The highest BCUT2D eigenvalue weighted by Gasteiger charge is 2.46. The number of hydrogen-bond acceptors (Lipinski definition) is 2. The van der Waals surface area contributed by atoms with Gasteiger partial charge in [0.1, 0.15) is 12.3 Å². The van der Waals surface area contributed by atoms with Gasteiger partial charge < -0.3 is 9.67 Å². The monoisotopic (exact) mass is 517 g/mol. The average Bonchev–Trinajstić information content (AvgIpc) is 3.37. The number of carbonyl (C=O) groups excluding carboxylic acids is 1. The number of aromatic nitrogens is 1. The number of Topliss-reactive ketones (excluding diaryl/α,β-unsaturated/α-hetero) is 1. The molecule has 1 N–H and O–H groups in total. The van der Waals surface area contributed by atoms with Crippen LogP contribution in [0.25, 0.3) is 27.4 Å². The highest BCUT2D eigenvalue weighted by Crippen LogP contribution is 2.43. The van der Waals surface area contributed by atoms with Gasteiger partial charge in [0.25, 0.3) is 0 Å². The first-order valence-corrected chi connectivity index (χ1v) is 14.3. The molecule has 1 aliphatic carbocycles. The van der Waals surface area contributed by atoms with E-state index in [2.05, 4.69) is 97.5 Å². The third kappa shape index (κ3) is 3.88. The fourth-order valence-electron chi connectivity index (χ4n) is 6.38. The van der Waals surface area contributed by atoms with E-state index in [-0.39, 0.29) is 17.0 Å². The number of allylic oxidation sites excluding steroid dienone is 3. The van der Waals surface area contributed by atoms with Crippen LogP contribution in [0.15, 0.2) is 84.1 Å². The number of hydrogen-bond donors (Lipinski definition) is 1. The number of para-hydroxylation sites is 2. The summed E-state index contributed by atoms with van der Waals surface area (Å²) in [6.45, 7) is 10.7. The van der Waals surface area contributed by atoms with Crippen LogP contribution in [0.5, 0.6) is 0 Å². The van der Waals surface area contributed by atoms with Crippen LogP contribution >= 0.6 is 0 Å². The van der Waals surface area contributed by atoms with Gasteiger partial charge in [0.15, 0.2) is 5.71 Å². The van der Waals surface area contributed by atoms with Crippen LogP contribution in [0.1, 0.15) is 64.5 Å². The van der Waals surface area contributed by atoms with Gasteiger partial charge >= 0.3 is 0 Å². The lowest BCUT2D eigenvalue weighted by Gasteiger charge is -2.23. The van der Waals surface area contributed by atoms with E-state index in [0.717, 1.165) is 55.4 Å². The summed E-state index contributed by atoms with van der Waals surface area (Å²) in [4.78, 5) is 13.6. The predicted octanol–water partition coefficient (Wildman–Crippen LogP) is 8.25. The second-order valence-electron chi connectivity index (χ2n) is 11.4. The molecule has 2 aliphatic rings. The molecule has 0 saturated heterocycles. The molecule has 4 aromatic rings. The SMILES string of the molecule is CCCCn1c2ccccc2c2cc(C3=C(O)C(=CC4=[N+](CCCC)c5ccccc5C4(C)C)C3=O)ccc21. The molecule has 0 amide bonds. The Balaban J connectivity index is 1.44. The largest absolute Gasteiger partial charge is 0.506 e. The van der Waals surface area contributed by atoms with Gasteiger partial charge in [0.05, 0.1) is 16.6 Å². The number of aliphatic hydroxyl groups is 1. The molecule has 198 valence electrons. The Bertz CT molecular complexity index is 1730. The van der Waals surface area contributed by atoms with E-state index < -0.39 is 0 Å². The van der Waals surface area contributed by atoms with Gasteiger partial charge in [0.2, 0.25) is 11.5 Å². The minimum absolute atomic E-state index is 0.0868. The van der Waals surface area contributed by atoms with Crippen molar-refractivity contribution in [2.45, 2.75) is 65.3 Å². The van der Waals surface area contributed by atoms with Crippen molar-refractivity contribution >= 4 is 44.6 Å². The lowest BCUT2D eigenvalue weighted by atomic mass is 9.77. The van der Waals surface area contributed by atoms with E-state index in [1.54, 1.807) is 0 Å². The first-order valence-electron chi connectivity index (χ1n) is 14.3. The van der Waals surface area contributed by atoms with E-state index in [1.807, 2.05) is 12.1 Å². The summed E-state index contributed by atoms with van der Waals surface area (Å²) in [7, 11) is 0. The van der Waals surface area contributed by atoms with Crippen molar-refractivity contribution in [3.8, 4) is 0 Å². The Labute approximate surface area is 230 Å². The highest BCUT2D eigenvalue weighted by atomic mass is 16.3. The minimum atomic E-state index is -0.257. The second-order valence-corrected chi connectivity index (χ2v) is 11.4. The zero-order chi connectivity index (χ0) is 27.3. The van der Waals surface area contributed by atoms with Crippen LogP contribution in [-0.2, 0) is 16.8 Å². The van der Waals surface area contributed by atoms with Crippen LogP contribution in [0.2, 0.25) is 0 Å². The van der Waals surface area contributed by atoms with Gasteiger partial charge in [-0.05, 0) is 44.0 Å². The van der Waals surface area contributed by atoms with E-state index in [9.17, 15) is 9.90 Å². The Morgan fingerprint density at radius 1 is 0.897 bits per heavy atom. The molecule has 0 atom stereocenters. The van der Waals surface area contributed by atoms with Crippen molar-refractivity contribution in [1.82, 2.24) is 4.57 Å². The Hall–Kier alpha value is -3.92. The molecule has 0 bridgehead atoms. The van der Waals surface area contributed by atoms with E-state index in [0.29, 0.717) is 11.1 Å². The summed E-state index contributed by atoms with van der Waals surface area (Å²) in [6, 6.07) is 23.1. The quantitative estimate of drug-likeness (QED) is 0.189. The zero-order valence-electron chi connectivity index (χ0n) is 23.4. The van der Waals surface area contributed by atoms with Crippen LogP contribution in [0.4, 0.5) is 5.69 Å². The van der Waals surface area contributed by atoms with Gasteiger partial charge in [-0.15, -0.1) is 0 Å². The molecule has 1 aliphatic heterocycles. The lowest BCUT2D eigenvalue weighted by molar-refractivity contribution is -0.438. The molecule has 1 aromatic heterocycles. The fourth-order valence-corrected chi connectivity index (χ4v) is 6.38. The van der Waals surface area contributed by atoms with Crippen LogP contribution in [0, 0.1) is 0 Å². The lowest BCUT2D eigenvalue weighted by Crippen LogP contribution is -2.31. The molecule has 4 nitrogen and oxygen atoms in total. The first-order chi connectivity index (χ1) is 18.9. The van der Waals surface area contributed by atoms with Gasteiger partial charge in [0, 0.05) is 52.5 Å². The third-order valence-electron chi connectivity index (χ3n) is 8.58. The molecular formula is C35H37N2O2+. The van der Waals surface area contributed by atoms with Crippen molar-refractivity contribution in [3.63, 3.8) is 0 Å².